The van der Waals surface area contributed by atoms with E-state index in [9.17, 15) is 9.59 Å². The molecule has 8 heteroatoms. The summed E-state index contributed by atoms with van der Waals surface area (Å²) >= 11 is 0. The molecule has 0 spiro atoms. The molecule has 3 heterocycles. The SMILES string of the molecule is CC(C)[C@H]1CN(CCn2cnc3c2c(=O)n(C)c(=O)n3C)C[C@@H](c2ccccc2)O1. The fourth-order valence-electron chi connectivity index (χ4n) is 4.08. The molecule has 0 N–H and O–H groups in total. The number of fused-ring (bicyclic) bond motifs is 1. The highest BCUT2D eigenvalue weighted by atomic mass is 16.5. The third-order valence-electron chi connectivity index (χ3n) is 5.99. The molecule has 1 aromatic carbocycles. The van der Waals surface area contributed by atoms with E-state index in [-0.39, 0.29) is 23.5 Å². The summed E-state index contributed by atoms with van der Waals surface area (Å²) in [6.45, 7) is 7.41. The van der Waals surface area contributed by atoms with Crippen LogP contribution in [0, 0.1) is 5.92 Å². The molecule has 8 nitrogen and oxygen atoms in total. The lowest BCUT2D eigenvalue weighted by Gasteiger charge is -2.40. The molecule has 2 atom stereocenters. The quantitative estimate of drug-likeness (QED) is 0.637. The van der Waals surface area contributed by atoms with E-state index in [1.165, 1.54) is 17.2 Å². The Morgan fingerprint density at radius 1 is 1.07 bits per heavy atom. The number of rotatable bonds is 5. The third kappa shape index (κ3) is 3.73. The molecule has 1 aliphatic heterocycles. The van der Waals surface area contributed by atoms with Gasteiger partial charge in [0.15, 0.2) is 11.2 Å². The zero-order chi connectivity index (χ0) is 21.4. The number of morpholine rings is 1. The Kier molecular flexibility index (Phi) is 5.62. The number of hydrogen-bond acceptors (Lipinski definition) is 5. The Labute approximate surface area is 175 Å². The van der Waals surface area contributed by atoms with Gasteiger partial charge < -0.3 is 9.30 Å². The van der Waals surface area contributed by atoms with Gasteiger partial charge in [-0.25, -0.2) is 9.78 Å². The Morgan fingerprint density at radius 3 is 2.50 bits per heavy atom. The molecule has 160 valence electrons. The van der Waals surface area contributed by atoms with Gasteiger partial charge in [0.1, 0.15) is 0 Å². The zero-order valence-electron chi connectivity index (χ0n) is 18.0. The molecule has 0 aliphatic carbocycles. The molecule has 1 fully saturated rings. The Morgan fingerprint density at radius 2 is 1.80 bits per heavy atom. The highest BCUT2D eigenvalue weighted by Gasteiger charge is 2.30. The summed E-state index contributed by atoms with van der Waals surface area (Å²) in [7, 11) is 3.14. The lowest BCUT2D eigenvalue weighted by molar-refractivity contribution is -0.106. The second-order valence-corrected chi connectivity index (χ2v) is 8.39. The predicted molar refractivity (Wildman–Crippen MR) is 116 cm³/mol. The highest BCUT2D eigenvalue weighted by Crippen LogP contribution is 2.28. The van der Waals surface area contributed by atoms with Crippen molar-refractivity contribution in [3.05, 3.63) is 63.1 Å². The van der Waals surface area contributed by atoms with Crippen LogP contribution in [0.3, 0.4) is 0 Å². The van der Waals surface area contributed by atoms with E-state index in [2.05, 4.69) is 35.9 Å². The van der Waals surface area contributed by atoms with Crippen molar-refractivity contribution in [3.63, 3.8) is 0 Å². The normalized spacial score (nSPS) is 20.3. The van der Waals surface area contributed by atoms with E-state index in [0.717, 1.165) is 24.2 Å². The minimum atomic E-state index is -0.364. The van der Waals surface area contributed by atoms with Crippen molar-refractivity contribution in [1.82, 2.24) is 23.6 Å². The van der Waals surface area contributed by atoms with Crippen LogP contribution < -0.4 is 11.2 Å². The number of benzene rings is 1. The van der Waals surface area contributed by atoms with Gasteiger partial charge in [-0.2, -0.15) is 0 Å². The van der Waals surface area contributed by atoms with Crippen molar-refractivity contribution < 1.29 is 4.74 Å². The van der Waals surface area contributed by atoms with Crippen molar-refractivity contribution in [2.75, 3.05) is 19.6 Å². The van der Waals surface area contributed by atoms with Crippen LogP contribution in [0.1, 0.15) is 25.5 Å². The first-order valence-corrected chi connectivity index (χ1v) is 10.4. The maximum Gasteiger partial charge on any atom is 0.332 e. The van der Waals surface area contributed by atoms with Crippen LogP contribution >= 0.6 is 0 Å². The average Bonchev–Trinajstić information content (AvgIpc) is 3.19. The molecule has 0 unspecified atom stereocenters. The number of aryl methyl sites for hydroxylation is 1. The third-order valence-corrected chi connectivity index (χ3v) is 5.99. The van der Waals surface area contributed by atoms with E-state index in [4.69, 9.17) is 4.74 Å². The minimum absolute atomic E-state index is 0.0283. The maximum absolute atomic E-state index is 12.7. The van der Waals surface area contributed by atoms with Crippen molar-refractivity contribution in [1.29, 1.82) is 0 Å². The van der Waals surface area contributed by atoms with E-state index in [1.807, 2.05) is 22.8 Å². The van der Waals surface area contributed by atoms with Crippen LogP contribution in [0.15, 0.2) is 46.2 Å². The van der Waals surface area contributed by atoms with E-state index in [0.29, 0.717) is 23.6 Å². The number of ether oxygens (including phenoxy) is 1. The van der Waals surface area contributed by atoms with Crippen LogP contribution in [0.5, 0.6) is 0 Å². The Bertz CT molecular complexity index is 1150. The summed E-state index contributed by atoms with van der Waals surface area (Å²) < 4.78 is 10.8. The number of aromatic nitrogens is 4. The van der Waals surface area contributed by atoms with Crippen LogP contribution in [0.2, 0.25) is 0 Å². The number of nitrogens with zero attached hydrogens (tertiary/aromatic N) is 5. The summed E-state index contributed by atoms with van der Waals surface area (Å²) in [5, 5.41) is 0. The van der Waals surface area contributed by atoms with Crippen molar-refractivity contribution >= 4 is 11.2 Å². The molecule has 0 bridgehead atoms. The van der Waals surface area contributed by atoms with Crippen LogP contribution in [-0.2, 0) is 25.4 Å². The van der Waals surface area contributed by atoms with Gasteiger partial charge in [-0.15, -0.1) is 0 Å². The fraction of sp³-hybridized carbons (Fsp3) is 0.500. The summed E-state index contributed by atoms with van der Waals surface area (Å²) in [5.41, 5.74) is 1.40. The second-order valence-electron chi connectivity index (χ2n) is 8.39. The fourth-order valence-corrected chi connectivity index (χ4v) is 4.08. The molecule has 30 heavy (non-hydrogen) atoms. The Balaban J connectivity index is 1.57. The molecule has 1 saturated heterocycles. The molecule has 1 aliphatic rings. The second kappa shape index (κ2) is 8.20. The van der Waals surface area contributed by atoms with Gasteiger partial charge in [-0.05, 0) is 11.5 Å². The lowest BCUT2D eigenvalue weighted by Crippen LogP contribution is -2.47. The van der Waals surface area contributed by atoms with Crippen LogP contribution in [0.4, 0.5) is 0 Å². The molecule has 0 saturated carbocycles. The topological polar surface area (TPSA) is 74.3 Å². The molecular formula is C22H29N5O3. The standard InChI is InChI=1S/C22H29N5O3/c1-15(2)17-12-26(13-18(30-17)16-8-6-5-7-9-16)10-11-27-14-23-20-19(27)21(28)25(4)22(29)24(20)3/h5-9,14-15,17-18H,10-13H2,1-4H3/t17-,18+/m1/s1. The monoisotopic (exact) mass is 411 g/mol. The molecule has 2 aromatic heterocycles. The largest absolute Gasteiger partial charge is 0.367 e. The van der Waals surface area contributed by atoms with Crippen molar-refractivity contribution in [3.8, 4) is 0 Å². The van der Waals surface area contributed by atoms with E-state index >= 15 is 0 Å². The first-order valence-electron chi connectivity index (χ1n) is 10.4. The van der Waals surface area contributed by atoms with Gasteiger partial charge >= 0.3 is 5.69 Å². The number of hydrogen-bond donors (Lipinski definition) is 0. The number of imidazole rings is 1. The predicted octanol–water partition coefficient (Wildman–Crippen LogP) is 1.53. The van der Waals surface area contributed by atoms with Gasteiger partial charge in [-0.1, -0.05) is 44.2 Å². The average molecular weight is 412 g/mol. The first kappa shape index (κ1) is 20.6. The molecular weight excluding hydrogens is 382 g/mol. The minimum Gasteiger partial charge on any atom is -0.367 e. The summed E-state index contributed by atoms with van der Waals surface area (Å²) in [5.74, 6) is 0.412. The molecule has 4 rings (SSSR count). The van der Waals surface area contributed by atoms with Gasteiger partial charge in [0, 0.05) is 40.3 Å². The van der Waals surface area contributed by atoms with E-state index in [1.54, 1.807) is 13.4 Å². The van der Waals surface area contributed by atoms with Gasteiger partial charge in [0.25, 0.3) is 5.56 Å². The van der Waals surface area contributed by atoms with Gasteiger partial charge in [0.2, 0.25) is 0 Å². The van der Waals surface area contributed by atoms with Crippen molar-refractivity contribution in [2.24, 2.45) is 20.0 Å². The van der Waals surface area contributed by atoms with Crippen LogP contribution in [0.25, 0.3) is 11.2 Å². The first-order chi connectivity index (χ1) is 14.4. The lowest BCUT2D eigenvalue weighted by atomic mass is 10.0. The van der Waals surface area contributed by atoms with Crippen molar-refractivity contribution in [2.45, 2.75) is 32.6 Å². The smallest absolute Gasteiger partial charge is 0.332 e. The van der Waals surface area contributed by atoms with Crippen LogP contribution in [-0.4, -0.2) is 49.3 Å². The zero-order valence-corrected chi connectivity index (χ0v) is 18.0. The summed E-state index contributed by atoms with van der Waals surface area (Å²) in [6.07, 6.45) is 1.83. The molecule has 0 radical (unpaired) electrons. The van der Waals surface area contributed by atoms with Gasteiger partial charge in [-0.3, -0.25) is 18.8 Å². The molecule has 3 aromatic rings. The van der Waals surface area contributed by atoms with Gasteiger partial charge in [0.05, 0.1) is 18.5 Å². The van der Waals surface area contributed by atoms with E-state index < -0.39 is 0 Å². The Hall–Kier alpha value is -2.71. The molecule has 0 amide bonds. The summed E-state index contributed by atoms with van der Waals surface area (Å²) in [6, 6.07) is 10.3. The summed E-state index contributed by atoms with van der Waals surface area (Å²) in [4.78, 5) is 31.5. The maximum atomic E-state index is 12.7. The highest BCUT2D eigenvalue weighted by molar-refractivity contribution is 5.69.